The topological polar surface area (TPSA) is 86.2 Å². The SMILES string of the molecule is Cc1c(C(=O)Cl)nn2c(N)nnc2c1C. The molecule has 7 heteroatoms. The average Bonchev–Trinajstić information content (AvgIpc) is 2.53. The number of carbonyl (C=O) groups excluding carboxylic acids is 1. The van der Waals surface area contributed by atoms with Crippen LogP contribution in [-0.4, -0.2) is 25.1 Å². The van der Waals surface area contributed by atoms with Crippen LogP contribution in [0, 0.1) is 13.8 Å². The molecule has 0 atom stereocenters. The third-order valence-corrected chi connectivity index (χ3v) is 2.48. The second kappa shape index (κ2) is 3.16. The van der Waals surface area contributed by atoms with Gasteiger partial charge in [-0.2, -0.15) is 9.61 Å². The number of nitrogens with two attached hydrogens (primary N) is 1. The average molecular weight is 226 g/mol. The maximum Gasteiger partial charge on any atom is 0.272 e. The van der Waals surface area contributed by atoms with Crippen molar-refractivity contribution in [2.75, 3.05) is 5.73 Å². The third-order valence-electron chi connectivity index (χ3n) is 2.30. The first kappa shape index (κ1) is 9.85. The van der Waals surface area contributed by atoms with E-state index >= 15 is 0 Å². The molecule has 2 aromatic heterocycles. The van der Waals surface area contributed by atoms with Crippen LogP contribution in [0.25, 0.3) is 5.65 Å². The highest BCUT2D eigenvalue weighted by molar-refractivity contribution is 6.67. The molecule has 0 aliphatic heterocycles. The van der Waals surface area contributed by atoms with Crippen molar-refractivity contribution in [3.05, 3.63) is 16.8 Å². The summed E-state index contributed by atoms with van der Waals surface area (Å²) in [6.07, 6.45) is 0. The number of carbonyl (C=O) groups is 1. The summed E-state index contributed by atoms with van der Waals surface area (Å²) in [4.78, 5) is 11.1. The fraction of sp³-hybridized carbons (Fsp3) is 0.250. The Kier molecular flexibility index (Phi) is 2.08. The van der Waals surface area contributed by atoms with Gasteiger partial charge in [0, 0.05) is 5.56 Å². The van der Waals surface area contributed by atoms with Gasteiger partial charge >= 0.3 is 0 Å². The largest absolute Gasteiger partial charge is 0.366 e. The molecule has 0 aliphatic carbocycles. The van der Waals surface area contributed by atoms with Gasteiger partial charge in [-0.15, -0.1) is 10.2 Å². The summed E-state index contributed by atoms with van der Waals surface area (Å²) in [6, 6.07) is 0. The molecule has 0 aromatic carbocycles. The molecule has 0 saturated heterocycles. The van der Waals surface area contributed by atoms with Gasteiger partial charge < -0.3 is 5.73 Å². The highest BCUT2D eigenvalue weighted by Crippen LogP contribution is 2.17. The van der Waals surface area contributed by atoms with Crippen LogP contribution < -0.4 is 5.73 Å². The van der Waals surface area contributed by atoms with Crippen LogP contribution in [0.1, 0.15) is 21.6 Å². The molecular weight excluding hydrogens is 218 g/mol. The zero-order chi connectivity index (χ0) is 11.2. The first-order valence-electron chi connectivity index (χ1n) is 4.20. The van der Waals surface area contributed by atoms with Crippen LogP contribution in [-0.2, 0) is 0 Å². The Morgan fingerprint density at radius 2 is 2.00 bits per heavy atom. The Labute approximate surface area is 90.0 Å². The summed E-state index contributed by atoms with van der Waals surface area (Å²) in [5, 5.41) is 10.9. The summed E-state index contributed by atoms with van der Waals surface area (Å²) in [5.74, 6) is 0.132. The summed E-state index contributed by atoms with van der Waals surface area (Å²) < 4.78 is 1.30. The Bertz CT molecular complexity index is 562. The van der Waals surface area contributed by atoms with Gasteiger partial charge in [-0.3, -0.25) is 4.79 Å². The first-order chi connectivity index (χ1) is 7.02. The van der Waals surface area contributed by atoms with Crippen molar-refractivity contribution in [3.63, 3.8) is 0 Å². The van der Waals surface area contributed by atoms with Crippen LogP contribution in [0.2, 0.25) is 0 Å². The molecule has 2 N–H and O–H groups in total. The number of aryl methyl sites for hydroxylation is 1. The fourth-order valence-electron chi connectivity index (χ4n) is 1.33. The molecule has 0 bridgehead atoms. The monoisotopic (exact) mass is 225 g/mol. The van der Waals surface area contributed by atoms with Crippen molar-refractivity contribution in [1.29, 1.82) is 0 Å². The number of nitrogens with zero attached hydrogens (tertiary/aromatic N) is 4. The van der Waals surface area contributed by atoms with E-state index in [0.29, 0.717) is 11.2 Å². The highest BCUT2D eigenvalue weighted by atomic mass is 35.5. The molecule has 2 heterocycles. The molecule has 15 heavy (non-hydrogen) atoms. The van der Waals surface area contributed by atoms with E-state index in [1.54, 1.807) is 6.92 Å². The van der Waals surface area contributed by atoms with E-state index in [0.717, 1.165) is 5.56 Å². The minimum absolute atomic E-state index is 0.132. The second-order valence-corrected chi connectivity index (χ2v) is 3.51. The molecule has 0 radical (unpaired) electrons. The van der Waals surface area contributed by atoms with Crippen LogP contribution in [0.5, 0.6) is 0 Å². The van der Waals surface area contributed by atoms with Gasteiger partial charge in [0.25, 0.3) is 5.24 Å². The van der Waals surface area contributed by atoms with E-state index in [2.05, 4.69) is 15.3 Å². The smallest absolute Gasteiger partial charge is 0.272 e. The van der Waals surface area contributed by atoms with Gasteiger partial charge in [-0.25, -0.2) is 0 Å². The summed E-state index contributed by atoms with van der Waals surface area (Å²) >= 11 is 5.40. The molecule has 0 spiro atoms. The van der Waals surface area contributed by atoms with Gasteiger partial charge in [0.1, 0.15) is 5.69 Å². The predicted molar refractivity (Wildman–Crippen MR) is 54.9 cm³/mol. The Morgan fingerprint density at radius 3 is 2.60 bits per heavy atom. The van der Waals surface area contributed by atoms with Crippen LogP contribution in [0.15, 0.2) is 0 Å². The molecule has 78 valence electrons. The number of halogens is 1. The van der Waals surface area contributed by atoms with Crippen molar-refractivity contribution in [2.24, 2.45) is 0 Å². The predicted octanol–water partition coefficient (Wildman–Crippen LogP) is 0.702. The van der Waals surface area contributed by atoms with Crippen LogP contribution in [0.4, 0.5) is 5.95 Å². The number of fused-ring (bicyclic) bond motifs is 1. The fourth-order valence-corrected chi connectivity index (χ4v) is 1.51. The van der Waals surface area contributed by atoms with Crippen molar-refractivity contribution in [1.82, 2.24) is 19.8 Å². The van der Waals surface area contributed by atoms with Gasteiger partial charge in [-0.05, 0) is 31.0 Å². The van der Waals surface area contributed by atoms with E-state index in [4.69, 9.17) is 17.3 Å². The van der Waals surface area contributed by atoms with Gasteiger partial charge in [0.2, 0.25) is 5.95 Å². The van der Waals surface area contributed by atoms with Crippen molar-refractivity contribution in [2.45, 2.75) is 13.8 Å². The van der Waals surface area contributed by atoms with Crippen molar-refractivity contribution in [3.8, 4) is 0 Å². The van der Waals surface area contributed by atoms with Gasteiger partial charge in [0.15, 0.2) is 5.65 Å². The van der Waals surface area contributed by atoms with E-state index in [1.807, 2.05) is 6.92 Å². The lowest BCUT2D eigenvalue weighted by Gasteiger charge is -2.05. The molecular formula is C8H8ClN5O. The quantitative estimate of drug-likeness (QED) is 0.722. The number of rotatable bonds is 1. The molecule has 0 amide bonds. The lowest BCUT2D eigenvalue weighted by Crippen LogP contribution is -2.08. The third kappa shape index (κ3) is 1.33. The molecule has 0 fully saturated rings. The zero-order valence-electron chi connectivity index (χ0n) is 8.15. The summed E-state index contributed by atoms with van der Waals surface area (Å²) in [6.45, 7) is 3.56. The number of aromatic nitrogens is 4. The first-order valence-corrected chi connectivity index (χ1v) is 4.58. The second-order valence-electron chi connectivity index (χ2n) is 3.17. The lowest BCUT2D eigenvalue weighted by molar-refractivity contribution is 0.107. The Balaban J connectivity index is 2.91. The molecule has 2 rings (SSSR count). The van der Waals surface area contributed by atoms with E-state index < -0.39 is 5.24 Å². The molecule has 0 unspecified atom stereocenters. The van der Waals surface area contributed by atoms with Crippen LogP contribution in [0.3, 0.4) is 0 Å². The minimum Gasteiger partial charge on any atom is -0.366 e. The molecule has 2 aromatic rings. The van der Waals surface area contributed by atoms with Gasteiger partial charge in [0.05, 0.1) is 0 Å². The molecule has 0 aliphatic rings. The van der Waals surface area contributed by atoms with E-state index in [-0.39, 0.29) is 11.6 Å². The number of hydrogen-bond donors (Lipinski definition) is 1. The highest BCUT2D eigenvalue weighted by Gasteiger charge is 2.16. The minimum atomic E-state index is -0.620. The summed E-state index contributed by atoms with van der Waals surface area (Å²) in [7, 11) is 0. The standard InChI is InChI=1S/C8H8ClN5O/c1-3-4(2)7-11-12-8(10)14(7)13-5(3)6(9)15/h1-2H3,(H2,10,12). The van der Waals surface area contributed by atoms with Crippen LogP contribution >= 0.6 is 11.6 Å². The number of nitrogen functional groups attached to an aromatic ring is 1. The van der Waals surface area contributed by atoms with E-state index in [1.165, 1.54) is 4.52 Å². The maximum absolute atomic E-state index is 11.1. The summed E-state index contributed by atoms with van der Waals surface area (Å²) in [5.41, 5.74) is 7.72. The number of hydrogen-bond acceptors (Lipinski definition) is 5. The maximum atomic E-state index is 11.1. The molecule has 0 saturated carbocycles. The normalized spacial score (nSPS) is 10.9. The molecule has 6 nitrogen and oxygen atoms in total. The van der Waals surface area contributed by atoms with E-state index in [9.17, 15) is 4.79 Å². The van der Waals surface area contributed by atoms with Crippen molar-refractivity contribution >= 4 is 28.4 Å². The zero-order valence-corrected chi connectivity index (χ0v) is 8.91. The Morgan fingerprint density at radius 1 is 1.33 bits per heavy atom. The van der Waals surface area contributed by atoms with Crippen molar-refractivity contribution < 1.29 is 4.79 Å². The Hall–Kier alpha value is -1.69. The lowest BCUT2D eigenvalue weighted by atomic mass is 10.1. The van der Waals surface area contributed by atoms with Gasteiger partial charge in [-0.1, -0.05) is 0 Å². The number of anilines is 1.